The summed E-state index contributed by atoms with van der Waals surface area (Å²) >= 11 is 6.03. The van der Waals surface area contributed by atoms with Crippen LogP contribution in [0.1, 0.15) is 5.56 Å². The molecular formula is C13H10ClF2N. The molecule has 0 fully saturated rings. The lowest BCUT2D eigenvalue weighted by atomic mass is 10.2. The number of rotatable bonds is 2. The van der Waals surface area contributed by atoms with Crippen molar-refractivity contribution in [1.82, 2.24) is 0 Å². The third-order valence-electron chi connectivity index (χ3n) is 2.37. The van der Waals surface area contributed by atoms with Crippen LogP contribution in [0.3, 0.4) is 0 Å². The van der Waals surface area contributed by atoms with Crippen LogP contribution in [0.4, 0.5) is 20.2 Å². The second kappa shape index (κ2) is 4.72. The minimum atomic E-state index is -0.421. The molecule has 2 aromatic carbocycles. The van der Waals surface area contributed by atoms with Crippen molar-refractivity contribution < 1.29 is 8.78 Å². The fourth-order valence-corrected chi connectivity index (χ4v) is 1.73. The number of nitrogens with zero attached hydrogens (tertiary/aromatic N) is 1. The Hall–Kier alpha value is -1.61. The van der Waals surface area contributed by atoms with Gasteiger partial charge in [-0.3, -0.25) is 4.42 Å². The molecule has 0 aliphatic heterocycles. The van der Waals surface area contributed by atoms with Crippen molar-refractivity contribution in [2.24, 2.45) is 0 Å². The second-order valence-corrected chi connectivity index (χ2v) is 4.05. The van der Waals surface area contributed by atoms with Gasteiger partial charge < -0.3 is 0 Å². The van der Waals surface area contributed by atoms with E-state index in [1.807, 2.05) is 6.92 Å². The molecule has 0 spiro atoms. The largest absolute Gasteiger partial charge is 0.251 e. The first-order valence-corrected chi connectivity index (χ1v) is 5.39. The Morgan fingerprint density at radius 1 is 1.00 bits per heavy atom. The molecule has 0 saturated heterocycles. The van der Waals surface area contributed by atoms with E-state index in [1.54, 1.807) is 12.1 Å². The maximum absolute atomic E-state index is 13.6. The number of aryl methyl sites for hydroxylation is 1. The van der Waals surface area contributed by atoms with Crippen LogP contribution in [0.2, 0.25) is 0 Å². The molecule has 2 aromatic rings. The maximum Gasteiger partial charge on any atom is 0.148 e. The summed E-state index contributed by atoms with van der Waals surface area (Å²) in [5, 5.41) is 0. The zero-order chi connectivity index (χ0) is 12.4. The van der Waals surface area contributed by atoms with Gasteiger partial charge in [0.15, 0.2) is 0 Å². The number of hydrogen-bond donors (Lipinski definition) is 0. The van der Waals surface area contributed by atoms with Crippen molar-refractivity contribution in [2.75, 3.05) is 4.42 Å². The van der Waals surface area contributed by atoms with Crippen LogP contribution in [0.25, 0.3) is 0 Å². The molecule has 4 heteroatoms. The van der Waals surface area contributed by atoms with Gasteiger partial charge >= 0.3 is 0 Å². The molecule has 0 saturated carbocycles. The standard InChI is InChI=1S/C13H10ClF2N/c1-9-2-7-12(16)13(8-9)17(14)11-5-3-10(15)4-6-11/h2-8H,1H3. The number of halogens is 3. The number of hydrogen-bond acceptors (Lipinski definition) is 1. The molecule has 0 radical (unpaired) electrons. The molecule has 17 heavy (non-hydrogen) atoms. The van der Waals surface area contributed by atoms with Gasteiger partial charge in [-0.25, -0.2) is 8.78 Å². The van der Waals surface area contributed by atoms with Gasteiger partial charge in [0.1, 0.15) is 11.6 Å². The van der Waals surface area contributed by atoms with Crippen LogP contribution in [-0.4, -0.2) is 0 Å². The minimum Gasteiger partial charge on any atom is -0.251 e. The van der Waals surface area contributed by atoms with Crippen LogP contribution in [0, 0.1) is 18.6 Å². The summed E-state index contributed by atoms with van der Waals surface area (Å²) in [5.41, 5.74) is 1.66. The molecule has 0 aliphatic carbocycles. The van der Waals surface area contributed by atoms with E-state index < -0.39 is 5.82 Å². The average molecular weight is 254 g/mol. The zero-order valence-corrected chi connectivity index (χ0v) is 9.88. The van der Waals surface area contributed by atoms with E-state index >= 15 is 0 Å². The Bertz CT molecular complexity index is 525. The lowest BCUT2D eigenvalue weighted by Gasteiger charge is -2.17. The summed E-state index contributed by atoms with van der Waals surface area (Å²) in [6, 6.07) is 10.2. The lowest BCUT2D eigenvalue weighted by molar-refractivity contribution is 0.627. The molecule has 0 unspecified atom stereocenters. The van der Waals surface area contributed by atoms with Crippen molar-refractivity contribution in [3.05, 3.63) is 59.7 Å². The monoisotopic (exact) mass is 253 g/mol. The Labute approximate surface area is 103 Å². The molecule has 0 bridgehead atoms. The van der Waals surface area contributed by atoms with E-state index in [9.17, 15) is 8.78 Å². The van der Waals surface area contributed by atoms with Gasteiger partial charge in [-0.05, 0) is 48.9 Å². The molecule has 0 atom stereocenters. The van der Waals surface area contributed by atoms with Crippen LogP contribution in [0.15, 0.2) is 42.5 Å². The quantitative estimate of drug-likeness (QED) is 0.709. The van der Waals surface area contributed by atoms with Crippen molar-refractivity contribution in [1.29, 1.82) is 0 Å². The Morgan fingerprint density at radius 3 is 2.29 bits per heavy atom. The van der Waals surface area contributed by atoms with Gasteiger partial charge in [0.2, 0.25) is 0 Å². The second-order valence-electron chi connectivity index (χ2n) is 3.71. The summed E-state index contributed by atoms with van der Waals surface area (Å²) < 4.78 is 27.5. The van der Waals surface area contributed by atoms with Crippen LogP contribution >= 0.6 is 11.8 Å². The van der Waals surface area contributed by atoms with E-state index in [4.69, 9.17) is 11.8 Å². The van der Waals surface area contributed by atoms with Gasteiger partial charge in [-0.15, -0.1) is 0 Å². The third kappa shape index (κ3) is 2.56. The van der Waals surface area contributed by atoms with E-state index in [0.717, 1.165) is 5.56 Å². The van der Waals surface area contributed by atoms with Gasteiger partial charge in [-0.1, -0.05) is 6.07 Å². The van der Waals surface area contributed by atoms with Gasteiger partial charge in [-0.2, -0.15) is 0 Å². The average Bonchev–Trinajstić information content (AvgIpc) is 2.32. The smallest absolute Gasteiger partial charge is 0.148 e. The van der Waals surface area contributed by atoms with Crippen LogP contribution < -0.4 is 4.42 Å². The first kappa shape index (κ1) is 11.9. The normalized spacial score (nSPS) is 10.4. The molecule has 0 N–H and O–H groups in total. The first-order chi connectivity index (χ1) is 8.08. The van der Waals surface area contributed by atoms with Gasteiger partial charge in [0.25, 0.3) is 0 Å². The van der Waals surface area contributed by atoms with E-state index in [-0.39, 0.29) is 11.5 Å². The SMILES string of the molecule is Cc1ccc(F)c(N(Cl)c2ccc(F)cc2)c1. The highest BCUT2D eigenvalue weighted by Gasteiger charge is 2.11. The lowest BCUT2D eigenvalue weighted by Crippen LogP contribution is -2.04. The fourth-order valence-electron chi connectivity index (χ4n) is 1.48. The zero-order valence-electron chi connectivity index (χ0n) is 9.12. The highest BCUT2D eigenvalue weighted by molar-refractivity contribution is 6.29. The van der Waals surface area contributed by atoms with Crippen molar-refractivity contribution in [3.8, 4) is 0 Å². The number of anilines is 2. The Balaban J connectivity index is 2.39. The predicted molar refractivity (Wildman–Crippen MR) is 65.5 cm³/mol. The van der Waals surface area contributed by atoms with E-state index in [2.05, 4.69) is 0 Å². The van der Waals surface area contributed by atoms with Gasteiger partial charge in [0, 0.05) is 11.8 Å². The summed E-state index contributed by atoms with van der Waals surface area (Å²) in [7, 11) is 0. The van der Waals surface area contributed by atoms with Crippen LogP contribution in [0.5, 0.6) is 0 Å². The first-order valence-electron chi connectivity index (χ1n) is 5.05. The third-order valence-corrected chi connectivity index (χ3v) is 2.74. The Morgan fingerprint density at radius 2 is 1.65 bits per heavy atom. The molecule has 2 rings (SSSR count). The van der Waals surface area contributed by atoms with E-state index in [1.165, 1.54) is 34.8 Å². The molecule has 0 aliphatic rings. The molecule has 0 amide bonds. The Kier molecular flexibility index (Phi) is 3.29. The summed E-state index contributed by atoms with van der Waals surface area (Å²) in [6.45, 7) is 1.85. The highest BCUT2D eigenvalue weighted by Crippen LogP contribution is 2.30. The van der Waals surface area contributed by atoms with Crippen molar-refractivity contribution >= 4 is 23.2 Å². The molecule has 1 nitrogen and oxygen atoms in total. The summed E-state index contributed by atoms with van der Waals surface area (Å²) in [4.78, 5) is 0. The molecule has 0 aromatic heterocycles. The maximum atomic E-state index is 13.6. The highest BCUT2D eigenvalue weighted by atomic mass is 35.5. The molecule has 88 valence electrons. The number of benzene rings is 2. The molecule has 0 heterocycles. The minimum absolute atomic E-state index is 0.248. The van der Waals surface area contributed by atoms with Gasteiger partial charge in [0.05, 0.1) is 11.4 Å². The van der Waals surface area contributed by atoms with Crippen molar-refractivity contribution in [3.63, 3.8) is 0 Å². The molecular weight excluding hydrogens is 244 g/mol. The predicted octanol–water partition coefficient (Wildman–Crippen LogP) is 4.57. The topological polar surface area (TPSA) is 3.24 Å². The fraction of sp³-hybridized carbons (Fsp3) is 0.0769. The summed E-state index contributed by atoms with van der Waals surface area (Å²) in [5.74, 6) is -0.779. The van der Waals surface area contributed by atoms with E-state index in [0.29, 0.717) is 5.69 Å². The van der Waals surface area contributed by atoms with Crippen molar-refractivity contribution in [2.45, 2.75) is 6.92 Å². The summed E-state index contributed by atoms with van der Waals surface area (Å²) in [6.07, 6.45) is 0. The van der Waals surface area contributed by atoms with Crippen LogP contribution in [-0.2, 0) is 0 Å².